The number of nitriles is 2. The van der Waals surface area contributed by atoms with Crippen molar-refractivity contribution >= 4 is 29.3 Å². The van der Waals surface area contributed by atoms with Crippen molar-refractivity contribution in [2.24, 2.45) is 0 Å². The predicted molar refractivity (Wildman–Crippen MR) is 117 cm³/mol. The highest BCUT2D eigenvalue weighted by atomic mass is 32.2. The zero-order chi connectivity index (χ0) is 22.9. The molecule has 0 atom stereocenters. The van der Waals surface area contributed by atoms with E-state index in [2.05, 4.69) is 5.32 Å². The summed E-state index contributed by atoms with van der Waals surface area (Å²) < 4.78 is 19.1. The summed E-state index contributed by atoms with van der Waals surface area (Å²) in [6, 6.07) is 20.9. The molecule has 0 aliphatic heterocycles. The fourth-order valence-corrected chi connectivity index (χ4v) is 3.58. The second kappa shape index (κ2) is 10.8. The first-order valence-electron chi connectivity index (χ1n) is 9.37. The van der Waals surface area contributed by atoms with Crippen LogP contribution < -0.4 is 5.32 Å². The molecule has 32 heavy (non-hydrogen) atoms. The third-order valence-electron chi connectivity index (χ3n) is 4.27. The van der Waals surface area contributed by atoms with Crippen molar-refractivity contribution in [1.29, 1.82) is 10.5 Å². The predicted octanol–water partition coefficient (Wildman–Crippen LogP) is 4.66. The van der Waals surface area contributed by atoms with Gasteiger partial charge in [-0.15, -0.1) is 11.8 Å². The average molecular weight is 445 g/mol. The normalized spacial score (nSPS) is 9.97. The van der Waals surface area contributed by atoms with Gasteiger partial charge in [0.1, 0.15) is 12.4 Å². The Bertz CT molecular complexity index is 1250. The van der Waals surface area contributed by atoms with Crippen LogP contribution in [0.4, 0.5) is 10.1 Å². The second-order valence-electron chi connectivity index (χ2n) is 6.52. The lowest BCUT2D eigenvalue weighted by Gasteiger charge is -2.10. The molecule has 6 nitrogen and oxygen atoms in total. The first-order chi connectivity index (χ1) is 15.5. The second-order valence-corrected chi connectivity index (χ2v) is 7.54. The number of esters is 1. The summed E-state index contributed by atoms with van der Waals surface area (Å²) in [5.74, 6) is -1.52. The summed E-state index contributed by atoms with van der Waals surface area (Å²) in [6.45, 7) is -0.324. The Kier molecular flexibility index (Phi) is 7.58. The van der Waals surface area contributed by atoms with Crippen molar-refractivity contribution in [3.8, 4) is 12.1 Å². The highest BCUT2D eigenvalue weighted by molar-refractivity contribution is 8.00. The van der Waals surface area contributed by atoms with E-state index in [0.717, 1.165) is 17.8 Å². The Morgan fingerprint density at radius 3 is 2.50 bits per heavy atom. The summed E-state index contributed by atoms with van der Waals surface area (Å²) in [7, 11) is 0. The zero-order valence-electron chi connectivity index (χ0n) is 16.7. The number of nitrogens with one attached hydrogen (secondary N) is 1. The highest BCUT2D eigenvalue weighted by Crippen LogP contribution is 2.24. The Hall–Kier alpha value is -4.14. The van der Waals surface area contributed by atoms with Crippen molar-refractivity contribution in [2.75, 3.05) is 11.1 Å². The van der Waals surface area contributed by atoms with E-state index in [-0.39, 0.29) is 35.0 Å². The van der Waals surface area contributed by atoms with E-state index in [4.69, 9.17) is 15.3 Å². The van der Waals surface area contributed by atoms with Crippen LogP contribution in [0, 0.1) is 28.5 Å². The number of hydrogen-bond donors (Lipinski definition) is 1. The lowest BCUT2D eigenvalue weighted by atomic mass is 10.1. The largest absolute Gasteiger partial charge is 0.457 e. The van der Waals surface area contributed by atoms with Crippen LogP contribution in [0.1, 0.15) is 27.0 Å². The minimum atomic E-state index is -0.669. The number of ether oxygens (including phenoxy) is 1. The minimum absolute atomic E-state index is 0.0277. The molecule has 3 aromatic carbocycles. The Morgan fingerprint density at radius 1 is 0.969 bits per heavy atom. The average Bonchev–Trinajstić information content (AvgIpc) is 2.82. The molecular formula is C24H16FN3O3S. The minimum Gasteiger partial charge on any atom is -0.457 e. The van der Waals surface area contributed by atoms with Crippen LogP contribution in [-0.4, -0.2) is 17.6 Å². The lowest BCUT2D eigenvalue weighted by Crippen LogP contribution is -2.14. The molecule has 0 saturated carbocycles. The molecule has 0 saturated heterocycles. The highest BCUT2D eigenvalue weighted by Gasteiger charge is 2.15. The van der Waals surface area contributed by atoms with Crippen LogP contribution in [-0.2, 0) is 16.1 Å². The Balaban J connectivity index is 1.62. The van der Waals surface area contributed by atoms with Gasteiger partial charge in [0, 0.05) is 16.1 Å². The topological polar surface area (TPSA) is 103 Å². The van der Waals surface area contributed by atoms with Crippen LogP contribution in [0.3, 0.4) is 0 Å². The zero-order valence-corrected chi connectivity index (χ0v) is 17.5. The van der Waals surface area contributed by atoms with Crippen LogP contribution in [0.15, 0.2) is 71.6 Å². The fraction of sp³-hybridized carbons (Fsp3) is 0.0833. The van der Waals surface area contributed by atoms with Crippen molar-refractivity contribution in [3.63, 3.8) is 0 Å². The van der Waals surface area contributed by atoms with E-state index in [1.54, 1.807) is 48.5 Å². The Labute approximate surface area is 188 Å². The summed E-state index contributed by atoms with van der Waals surface area (Å²) in [5, 5.41) is 20.6. The smallest absolute Gasteiger partial charge is 0.339 e. The molecule has 0 aliphatic rings. The van der Waals surface area contributed by atoms with Gasteiger partial charge in [-0.2, -0.15) is 10.5 Å². The standard InChI is InChI=1S/C24H16FN3O3S/c25-21-9-8-17(13-27)10-18(21)14-31-24(30)20-6-1-2-7-22(20)32-15-23(29)28-19-5-3-4-16(11-19)12-26/h1-11H,14-15H2,(H,28,29). The third kappa shape index (κ3) is 5.94. The summed E-state index contributed by atoms with van der Waals surface area (Å²) >= 11 is 1.15. The number of thioether (sulfide) groups is 1. The van der Waals surface area contributed by atoms with Crippen molar-refractivity contribution in [1.82, 2.24) is 0 Å². The molecule has 8 heteroatoms. The van der Waals surface area contributed by atoms with Gasteiger partial charge in [0.05, 0.1) is 34.6 Å². The molecule has 3 aromatic rings. The molecule has 0 bridgehead atoms. The van der Waals surface area contributed by atoms with Crippen LogP contribution in [0.2, 0.25) is 0 Å². The van der Waals surface area contributed by atoms with Crippen molar-refractivity contribution in [3.05, 3.63) is 94.8 Å². The summed E-state index contributed by atoms with van der Waals surface area (Å²) in [5.41, 5.74) is 1.54. The molecule has 0 unspecified atom stereocenters. The maximum absolute atomic E-state index is 13.9. The van der Waals surface area contributed by atoms with Crippen molar-refractivity contribution < 1.29 is 18.7 Å². The summed E-state index contributed by atoms with van der Waals surface area (Å²) in [4.78, 5) is 25.4. The number of carbonyl (C=O) groups is 2. The molecule has 1 amide bonds. The molecule has 158 valence electrons. The van der Waals surface area contributed by atoms with Gasteiger partial charge in [-0.25, -0.2) is 9.18 Å². The maximum atomic E-state index is 13.9. The van der Waals surface area contributed by atoms with E-state index >= 15 is 0 Å². The van der Waals surface area contributed by atoms with Gasteiger partial charge in [-0.3, -0.25) is 4.79 Å². The van der Waals surface area contributed by atoms with Gasteiger partial charge in [0.15, 0.2) is 0 Å². The van der Waals surface area contributed by atoms with Gasteiger partial charge < -0.3 is 10.1 Å². The molecule has 0 aliphatic carbocycles. The monoisotopic (exact) mass is 445 g/mol. The van der Waals surface area contributed by atoms with Crippen LogP contribution in [0.5, 0.6) is 0 Å². The first-order valence-corrected chi connectivity index (χ1v) is 10.4. The van der Waals surface area contributed by atoms with E-state index in [9.17, 15) is 14.0 Å². The van der Waals surface area contributed by atoms with Gasteiger partial charge in [0.25, 0.3) is 0 Å². The molecular weight excluding hydrogens is 429 g/mol. The number of carbonyl (C=O) groups excluding carboxylic acids is 2. The van der Waals surface area contributed by atoms with E-state index in [1.807, 2.05) is 12.1 Å². The van der Waals surface area contributed by atoms with Gasteiger partial charge >= 0.3 is 5.97 Å². The quantitative estimate of drug-likeness (QED) is 0.419. The number of hydrogen-bond acceptors (Lipinski definition) is 6. The van der Waals surface area contributed by atoms with Crippen LogP contribution >= 0.6 is 11.8 Å². The molecule has 3 rings (SSSR count). The lowest BCUT2D eigenvalue weighted by molar-refractivity contribution is -0.113. The molecule has 0 fully saturated rings. The number of amides is 1. The van der Waals surface area contributed by atoms with Crippen LogP contribution in [0.25, 0.3) is 0 Å². The van der Waals surface area contributed by atoms with E-state index in [0.29, 0.717) is 16.1 Å². The van der Waals surface area contributed by atoms with Gasteiger partial charge in [-0.1, -0.05) is 18.2 Å². The molecule has 0 heterocycles. The van der Waals surface area contributed by atoms with E-state index < -0.39 is 11.8 Å². The number of halogens is 1. The summed E-state index contributed by atoms with van der Waals surface area (Å²) in [6.07, 6.45) is 0. The van der Waals surface area contributed by atoms with Crippen molar-refractivity contribution in [2.45, 2.75) is 11.5 Å². The first kappa shape index (κ1) is 22.5. The van der Waals surface area contributed by atoms with Gasteiger partial charge in [0.2, 0.25) is 5.91 Å². The Morgan fingerprint density at radius 2 is 1.72 bits per heavy atom. The number of nitrogens with zero attached hydrogens (tertiary/aromatic N) is 2. The number of benzene rings is 3. The molecule has 0 radical (unpaired) electrons. The molecule has 0 aromatic heterocycles. The maximum Gasteiger partial charge on any atom is 0.339 e. The molecule has 1 N–H and O–H groups in total. The third-order valence-corrected chi connectivity index (χ3v) is 5.35. The SMILES string of the molecule is N#Cc1cccc(NC(=O)CSc2ccccc2C(=O)OCc2cc(C#N)ccc2F)c1. The van der Waals surface area contributed by atoms with E-state index in [1.165, 1.54) is 12.1 Å². The fourth-order valence-electron chi connectivity index (χ4n) is 2.74. The molecule has 0 spiro atoms. The van der Waals surface area contributed by atoms with Gasteiger partial charge in [-0.05, 0) is 48.5 Å². The number of rotatable bonds is 7. The number of anilines is 1.